The lowest BCUT2D eigenvalue weighted by Gasteiger charge is -2.26. The van der Waals surface area contributed by atoms with Crippen molar-refractivity contribution in [2.45, 2.75) is 26.2 Å². The van der Waals surface area contributed by atoms with Crippen LogP contribution in [0.3, 0.4) is 0 Å². The van der Waals surface area contributed by atoms with Crippen molar-refractivity contribution in [2.75, 3.05) is 30.4 Å². The molecule has 1 aliphatic heterocycles. The Hall–Kier alpha value is -2.34. The minimum atomic E-state index is -0.287. The Kier molecular flexibility index (Phi) is 5.38. The van der Waals surface area contributed by atoms with Crippen molar-refractivity contribution in [1.82, 2.24) is 9.97 Å². The number of halogens is 1. The van der Waals surface area contributed by atoms with Crippen molar-refractivity contribution in [3.05, 3.63) is 40.7 Å². The molecule has 1 amide bonds. The number of hydrogen-bond donors (Lipinski definition) is 1. The normalized spacial score (nSPS) is 14.3. The van der Waals surface area contributed by atoms with Gasteiger partial charge in [0.1, 0.15) is 5.75 Å². The first-order valence-corrected chi connectivity index (χ1v) is 8.69. The van der Waals surface area contributed by atoms with Crippen molar-refractivity contribution in [3.8, 4) is 5.75 Å². The van der Waals surface area contributed by atoms with E-state index in [1.54, 1.807) is 24.5 Å². The van der Waals surface area contributed by atoms with Crippen LogP contribution in [-0.2, 0) is 0 Å². The molecule has 132 valence electrons. The molecule has 2 aromatic rings. The number of carbonyl (C=O) groups is 1. The van der Waals surface area contributed by atoms with Gasteiger partial charge in [0, 0.05) is 36.6 Å². The van der Waals surface area contributed by atoms with Gasteiger partial charge in [-0.3, -0.25) is 4.79 Å². The summed E-state index contributed by atoms with van der Waals surface area (Å²) in [6, 6.07) is 3.46. The SMILES string of the molecule is COc1cc(Cl)c(C)cc1NC(=O)c1cnc(N2CCCCC2)nc1. The average Bonchev–Trinajstić information content (AvgIpc) is 2.65. The number of aryl methyl sites for hydroxylation is 1. The van der Waals surface area contributed by atoms with Gasteiger partial charge in [0.2, 0.25) is 5.95 Å². The van der Waals surface area contributed by atoms with Crippen LogP contribution < -0.4 is 15.0 Å². The number of nitrogens with one attached hydrogen (secondary N) is 1. The predicted octanol–water partition coefficient (Wildman–Crippen LogP) is 3.69. The van der Waals surface area contributed by atoms with Gasteiger partial charge in [-0.05, 0) is 37.8 Å². The number of nitrogens with zero attached hydrogens (tertiary/aromatic N) is 3. The summed E-state index contributed by atoms with van der Waals surface area (Å²) >= 11 is 6.09. The fraction of sp³-hybridized carbons (Fsp3) is 0.389. The topological polar surface area (TPSA) is 67.3 Å². The van der Waals surface area contributed by atoms with Crippen LogP contribution in [0.25, 0.3) is 0 Å². The highest BCUT2D eigenvalue weighted by atomic mass is 35.5. The van der Waals surface area contributed by atoms with E-state index in [4.69, 9.17) is 16.3 Å². The Bertz CT molecular complexity index is 758. The van der Waals surface area contributed by atoms with Gasteiger partial charge in [-0.25, -0.2) is 9.97 Å². The summed E-state index contributed by atoms with van der Waals surface area (Å²) in [5.41, 5.74) is 1.82. The van der Waals surface area contributed by atoms with Crippen LogP contribution in [0.5, 0.6) is 5.75 Å². The third kappa shape index (κ3) is 4.02. The highest BCUT2D eigenvalue weighted by Gasteiger charge is 2.16. The van der Waals surface area contributed by atoms with Crippen LogP contribution in [0.15, 0.2) is 24.5 Å². The smallest absolute Gasteiger partial charge is 0.258 e. The number of amides is 1. The number of methoxy groups -OCH3 is 1. The predicted molar refractivity (Wildman–Crippen MR) is 98.8 cm³/mol. The third-order valence-corrected chi connectivity index (χ3v) is 4.68. The standard InChI is InChI=1S/C18H21ClN4O2/c1-12-8-15(16(25-2)9-14(12)19)22-17(24)13-10-20-18(21-11-13)23-6-4-3-5-7-23/h8-11H,3-7H2,1-2H3,(H,22,24). The molecule has 7 heteroatoms. The summed E-state index contributed by atoms with van der Waals surface area (Å²) in [5.74, 6) is 0.899. The molecule has 0 unspecified atom stereocenters. The van der Waals surface area contributed by atoms with E-state index in [2.05, 4.69) is 20.2 Å². The molecule has 6 nitrogen and oxygen atoms in total. The van der Waals surface area contributed by atoms with E-state index in [0.717, 1.165) is 31.5 Å². The van der Waals surface area contributed by atoms with Gasteiger partial charge >= 0.3 is 0 Å². The molecule has 0 atom stereocenters. The molecule has 1 aromatic carbocycles. The van der Waals surface area contributed by atoms with Crippen molar-refractivity contribution >= 4 is 29.1 Å². The van der Waals surface area contributed by atoms with Gasteiger partial charge in [-0.15, -0.1) is 0 Å². The average molecular weight is 361 g/mol. The number of hydrogen-bond acceptors (Lipinski definition) is 5. The summed E-state index contributed by atoms with van der Waals surface area (Å²) in [4.78, 5) is 23.3. The maximum absolute atomic E-state index is 12.5. The van der Waals surface area contributed by atoms with Gasteiger partial charge in [-0.1, -0.05) is 11.6 Å². The van der Waals surface area contributed by atoms with E-state index in [9.17, 15) is 4.79 Å². The van der Waals surface area contributed by atoms with Gasteiger partial charge < -0.3 is 15.0 Å². The van der Waals surface area contributed by atoms with Crippen molar-refractivity contribution in [1.29, 1.82) is 0 Å². The van der Waals surface area contributed by atoms with Crippen LogP contribution in [0.4, 0.5) is 11.6 Å². The molecule has 1 N–H and O–H groups in total. The second kappa shape index (κ2) is 7.70. The fourth-order valence-corrected chi connectivity index (χ4v) is 2.97. The number of piperidine rings is 1. The van der Waals surface area contributed by atoms with E-state index in [0.29, 0.717) is 28.0 Å². The lowest BCUT2D eigenvalue weighted by atomic mass is 10.1. The fourth-order valence-electron chi connectivity index (χ4n) is 2.82. The zero-order valence-corrected chi connectivity index (χ0v) is 15.1. The number of carbonyl (C=O) groups excluding carboxylic acids is 1. The number of ether oxygens (including phenoxy) is 1. The quantitative estimate of drug-likeness (QED) is 0.900. The number of aromatic nitrogens is 2. The van der Waals surface area contributed by atoms with Crippen LogP contribution in [0, 0.1) is 6.92 Å². The van der Waals surface area contributed by atoms with E-state index in [1.165, 1.54) is 13.5 Å². The molecule has 1 saturated heterocycles. The Morgan fingerprint density at radius 1 is 1.20 bits per heavy atom. The number of benzene rings is 1. The zero-order chi connectivity index (χ0) is 17.8. The zero-order valence-electron chi connectivity index (χ0n) is 14.4. The van der Waals surface area contributed by atoms with Crippen LogP contribution in [0.1, 0.15) is 35.2 Å². The first-order valence-electron chi connectivity index (χ1n) is 8.31. The lowest BCUT2D eigenvalue weighted by Crippen LogP contribution is -2.31. The highest BCUT2D eigenvalue weighted by molar-refractivity contribution is 6.31. The van der Waals surface area contributed by atoms with Gasteiger partial charge in [-0.2, -0.15) is 0 Å². The maximum Gasteiger partial charge on any atom is 0.258 e. The van der Waals surface area contributed by atoms with Gasteiger partial charge in [0.15, 0.2) is 0 Å². The van der Waals surface area contributed by atoms with E-state index in [1.807, 2.05) is 6.92 Å². The second-order valence-corrected chi connectivity index (χ2v) is 6.48. The summed E-state index contributed by atoms with van der Waals surface area (Å²) in [6.07, 6.45) is 6.67. The van der Waals surface area contributed by atoms with Gasteiger partial charge in [0.05, 0.1) is 18.4 Å². The molecule has 0 bridgehead atoms. The maximum atomic E-state index is 12.5. The number of rotatable bonds is 4. The molecule has 0 radical (unpaired) electrons. The molecule has 0 aliphatic carbocycles. The Labute approximate surface area is 152 Å². The Balaban J connectivity index is 1.74. The van der Waals surface area contributed by atoms with Crippen LogP contribution in [0.2, 0.25) is 5.02 Å². The highest BCUT2D eigenvalue weighted by Crippen LogP contribution is 2.31. The molecule has 1 aliphatic rings. The first kappa shape index (κ1) is 17.5. The Morgan fingerprint density at radius 2 is 1.88 bits per heavy atom. The van der Waals surface area contributed by atoms with Crippen molar-refractivity contribution < 1.29 is 9.53 Å². The van der Waals surface area contributed by atoms with E-state index >= 15 is 0 Å². The first-order chi connectivity index (χ1) is 12.1. The number of anilines is 2. The van der Waals surface area contributed by atoms with E-state index in [-0.39, 0.29) is 5.91 Å². The molecular weight excluding hydrogens is 340 g/mol. The third-order valence-electron chi connectivity index (χ3n) is 4.27. The Morgan fingerprint density at radius 3 is 2.52 bits per heavy atom. The second-order valence-electron chi connectivity index (χ2n) is 6.08. The molecule has 2 heterocycles. The van der Waals surface area contributed by atoms with Gasteiger partial charge in [0.25, 0.3) is 5.91 Å². The monoisotopic (exact) mass is 360 g/mol. The minimum absolute atomic E-state index is 0.287. The summed E-state index contributed by atoms with van der Waals surface area (Å²) < 4.78 is 5.28. The lowest BCUT2D eigenvalue weighted by molar-refractivity contribution is 0.102. The molecule has 1 aromatic heterocycles. The van der Waals surface area contributed by atoms with E-state index < -0.39 is 0 Å². The molecule has 25 heavy (non-hydrogen) atoms. The summed E-state index contributed by atoms with van der Waals surface area (Å²) in [7, 11) is 1.53. The molecule has 1 fully saturated rings. The molecule has 3 rings (SSSR count). The molecule has 0 saturated carbocycles. The van der Waals surface area contributed by atoms with Crippen molar-refractivity contribution in [3.63, 3.8) is 0 Å². The van der Waals surface area contributed by atoms with Crippen LogP contribution >= 0.6 is 11.6 Å². The van der Waals surface area contributed by atoms with Crippen LogP contribution in [-0.4, -0.2) is 36.1 Å². The minimum Gasteiger partial charge on any atom is -0.495 e. The largest absolute Gasteiger partial charge is 0.495 e. The molecule has 0 spiro atoms. The summed E-state index contributed by atoms with van der Waals surface area (Å²) in [6.45, 7) is 3.80. The van der Waals surface area contributed by atoms with Crippen molar-refractivity contribution in [2.24, 2.45) is 0 Å². The molecular formula is C18H21ClN4O2. The summed E-state index contributed by atoms with van der Waals surface area (Å²) in [5, 5.41) is 3.42.